The van der Waals surface area contributed by atoms with E-state index in [4.69, 9.17) is 9.26 Å². The lowest BCUT2D eigenvalue weighted by atomic mass is 9.91. The van der Waals surface area contributed by atoms with Crippen LogP contribution in [-0.2, 0) is 6.54 Å². The maximum atomic E-state index is 13.5. The quantitative estimate of drug-likeness (QED) is 0.626. The maximum Gasteiger partial charge on any atom is 0.264 e. The first-order chi connectivity index (χ1) is 13.5. The highest BCUT2D eigenvalue weighted by Gasteiger charge is 2.26. The van der Waals surface area contributed by atoms with Crippen molar-refractivity contribution in [1.29, 1.82) is 0 Å². The average Bonchev–Trinajstić information content (AvgIpc) is 3.09. The minimum Gasteiger partial charge on any atom is -0.497 e. The third-order valence-corrected chi connectivity index (χ3v) is 5.47. The van der Waals surface area contributed by atoms with Gasteiger partial charge in [-0.05, 0) is 56.6 Å². The van der Waals surface area contributed by atoms with E-state index in [1.807, 2.05) is 12.1 Å². The molecule has 1 saturated heterocycles. The molecule has 0 aliphatic carbocycles. The molecule has 0 N–H and O–H groups in total. The van der Waals surface area contributed by atoms with E-state index in [0.717, 1.165) is 38.2 Å². The number of methoxy groups -OCH3 is 1. The van der Waals surface area contributed by atoms with Gasteiger partial charge in [0.25, 0.3) is 12.1 Å². The van der Waals surface area contributed by atoms with Crippen molar-refractivity contribution >= 4 is 11.1 Å². The molecule has 4 rings (SSSR count). The SMILES string of the molecule is COc1ccc(CN2CCC(c3cc(C(F)F)c4c(C)noc4n3)CC2)cc1. The van der Waals surface area contributed by atoms with E-state index >= 15 is 0 Å². The van der Waals surface area contributed by atoms with E-state index in [-0.39, 0.29) is 17.2 Å². The van der Waals surface area contributed by atoms with Crippen molar-refractivity contribution in [2.45, 2.75) is 38.7 Å². The van der Waals surface area contributed by atoms with Crippen molar-refractivity contribution in [2.75, 3.05) is 20.2 Å². The highest BCUT2D eigenvalue weighted by atomic mass is 19.3. The predicted molar refractivity (Wildman–Crippen MR) is 102 cm³/mol. The zero-order valence-electron chi connectivity index (χ0n) is 16.0. The Kier molecular flexibility index (Phi) is 5.26. The number of aromatic nitrogens is 2. The van der Waals surface area contributed by atoms with Crippen LogP contribution in [0.4, 0.5) is 8.78 Å². The van der Waals surface area contributed by atoms with Crippen molar-refractivity contribution in [3.63, 3.8) is 0 Å². The zero-order valence-corrected chi connectivity index (χ0v) is 16.0. The topological polar surface area (TPSA) is 51.4 Å². The number of halogens is 2. The molecule has 148 valence electrons. The number of alkyl halides is 2. The Labute approximate surface area is 162 Å². The van der Waals surface area contributed by atoms with Crippen LogP contribution in [-0.4, -0.2) is 35.2 Å². The fraction of sp³-hybridized carbons (Fsp3) is 0.429. The molecule has 5 nitrogen and oxygen atoms in total. The Hall–Kier alpha value is -2.54. The predicted octanol–water partition coefficient (Wildman–Crippen LogP) is 4.86. The van der Waals surface area contributed by atoms with Crippen LogP contribution in [0.2, 0.25) is 0 Å². The molecule has 0 unspecified atom stereocenters. The summed E-state index contributed by atoms with van der Waals surface area (Å²) in [4.78, 5) is 6.87. The molecule has 1 aliphatic rings. The highest BCUT2D eigenvalue weighted by molar-refractivity contribution is 5.80. The van der Waals surface area contributed by atoms with Gasteiger partial charge in [0.15, 0.2) is 0 Å². The van der Waals surface area contributed by atoms with Gasteiger partial charge in [0.2, 0.25) is 0 Å². The van der Waals surface area contributed by atoms with Crippen LogP contribution < -0.4 is 4.74 Å². The third kappa shape index (κ3) is 3.71. The number of likely N-dealkylation sites (tertiary alicyclic amines) is 1. The Morgan fingerprint density at radius 2 is 1.93 bits per heavy atom. The van der Waals surface area contributed by atoms with E-state index in [1.165, 1.54) is 5.56 Å². The molecule has 1 fully saturated rings. The number of aryl methyl sites for hydroxylation is 1. The van der Waals surface area contributed by atoms with Gasteiger partial charge in [0.1, 0.15) is 5.75 Å². The molecular formula is C21H23F2N3O2. The van der Waals surface area contributed by atoms with Gasteiger partial charge in [0.05, 0.1) is 18.2 Å². The van der Waals surface area contributed by atoms with Gasteiger partial charge in [-0.3, -0.25) is 4.90 Å². The van der Waals surface area contributed by atoms with E-state index < -0.39 is 6.43 Å². The molecule has 7 heteroatoms. The number of ether oxygens (including phenoxy) is 1. The highest BCUT2D eigenvalue weighted by Crippen LogP contribution is 2.35. The molecular weight excluding hydrogens is 364 g/mol. The summed E-state index contributed by atoms with van der Waals surface area (Å²) in [5.74, 6) is 1.00. The lowest BCUT2D eigenvalue weighted by Gasteiger charge is -2.31. The Morgan fingerprint density at radius 1 is 1.21 bits per heavy atom. The average molecular weight is 387 g/mol. The first-order valence-corrected chi connectivity index (χ1v) is 9.45. The van der Waals surface area contributed by atoms with Gasteiger partial charge >= 0.3 is 0 Å². The lowest BCUT2D eigenvalue weighted by molar-refractivity contribution is 0.152. The van der Waals surface area contributed by atoms with Crippen LogP contribution in [0.3, 0.4) is 0 Å². The van der Waals surface area contributed by atoms with Crippen LogP contribution in [0, 0.1) is 6.92 Å². The molecule has 3 heterocycles. The van der Waals surface area contributed by atoms with Crippen molar-refractivity contribution in [3.05, 3.63) is 52.8 Å². The summed E-state index contributed by atoms with van der Waals surface area (Å²) in [6.07, 6.45) is -0.813. The summed E-state index contributed by atoms with van der Waals surface area (Å²) >= 11 is 0. The summed E-state index contributed by atoms with van der Waals surface area (Å²) in [5, 5.41) is 4.15. The van der Waals surface area contributed by atoms with Crippen molar-refractivity contribution in [3.8, 4) is 5.75 Å². The zero-order chi connectivity index (χ0) is 19.7. The second-order valence-electron chi connectivity index (χ2n) is 7.28. The molecule has 3 aromatic rings. The van der Waals surface area contributed by atoms with E-state index in [9.17, 15) is 8.78 Å². The Balaban J connectivity index is 1.46. The first kappa shape index (κ1) is 18.8. The van der Waals surface area contributed by atoms with Crippen LogP contribution >= 0.6 is 0 Å². The minimum absolute atomic E-state index is 0.0283. The number of pyridine rings is 1. The molecule has 0 bridgehead atoms. The molecule has 1 aliphatic heterocycles. The van der Waals surface area contributed by atoms with Crippen LogP contribution in [0.5, 0.6) is 5.75 Å². The van der Waals surface area contributed by atoms with E-state index in [1.54, 1.807) is 20.1 Å². The van der Waals surface area contributed by atoms with Gasteiger partial charge in [-0.15, -0.1) is 0 Å². The Bertz CT molecular complexity index is 948. The summed E-state index contributed by atoms with van der Waals surface area (Å²) in [7, 11) is 1.66. The molecule has 28 heavy (non-hydrogen) atoms. The fourth-order valence-electron chi connectivity index (χ4n) is 3.90. The van der Waals surface area contributed by atoms with Gasteiger partial charge in [-0.25, -0.2) is 13.8 Å². The first-order valence-electron chi connectivity index (χ1n) is 9.45. The van der Waals surface area contributed by atoms with E-state index in [0.29, 0.717) is 16.8 Å². The van der Waals surface area contributed by atoms with Gasteiger partial charge in [-0.2, -0.15) is 0 Å². The number of piperidine rings is 1. The van der Waals surface area contributed by atoms with Gasteiger partial charge in [0, 0.05) is 23.7 Å². The largest absolute Gasteiger partial charge is 0.497 e. The monoisotopic (exact) mass is 387 g/mol. The summed E-state index contributed by atoms with van der Waals surface area (Å²) in [6.45, 7) is 4.33. The number of rotatable bonds is 5. The number of benzene rings is 1. The summed E-state index contributed by atoms with van der Waals surface area (Å²) < 4.78 is 37.5. The smallest absolute Gasteiger partial charge is 0.264 e. The van der Waals surface area contributed by atoms with Crippen LogP contribution in [0.1, 0.15) is 47.7 Å². The number of fused-ring (bicyclic) bond motifs is 1. The van der Waals surface area contributed by atoms with Crippen molar-refractivity contribution in [2.24, 2.45) is 0 Å². The van der Waals surface area contributed by atoms with Crippen LogP contribution in [0.25, 0.3) is 11.1 Å². The van der Waals surface area contributed by atoms with Crippen molar-refractivity contribution in [1.82, 2.24) is 15.0 Å². The van der Waals surface area contributed by atoms with Crippen LogP contribution in [0.15, 0.2) is 34.9 Å². The molecule has 0 amide bonds. The van der Waals surface area contributed by atoms with Crippen molar-refractivity contribution < 1.29 is 18.0 Å². The minimum atomic E-state index is -2.57. The number of hydrogen-bond donors (Lipinski definition) is 0. The summed E-state index contributed by atoms with van der Waals surface area (Å²) in [6, 6.07) is 9.61. The normalized spacial score (nSPS) is 16.2. The molecule has 0 radical (unpaired) electrons. The molecule has 0 atom stereocenters. The van der Waals surface area contributed by atoms with Gasteiger partial charge < -0.3 is 9.26 Å². The fourth-order valence-corrected chi connectivity index (χ4v) is 3.90. The summed E-state index contributed by atoms with van der Waals surface area (Å²) in [5.41, 5.74) is 2.56. The van der Waals surface area contributed by atoms with E-state index in [2.05, 4.69) is 27.2 Å². The van der Waals surface area contributed by atoms with Gasteiger partial charge in [-0.1, -0.05) is 17.3 Å². The molecule has 0 saturated carbocycles. The molecule has 1 aromatic carbocycles. The standard InChI is InChI=1S/C21H23F2N3O2/c1-13-19-17(20(22)23)11-18(24-21(19)28-25-13)15-7-9-26(10-8-15)12-14-3-5-16(27-2)6-4-14/h3-6,11,15,20H,7-10,12H2,1-2H3. The molecule has 2 aromatic heterocycles. The number of nitrogens with zero attached hydrogens (tertiary/aromatic N) is 3. The maximum absolute atomic E-state index is 13.5. The Morgan fingerprint density at radius 3 is 2.57 bits per heavy atom. The second kappa shape index (κ2) is 7.83. The molecule has 0 spiro atoms. The third-order valence-electron chi connectivity index (χ3n) is 5.47. The lowest BCUT2D eigenvalue weighted by Crippen LogP contribution is -2.32. The second-order valence-corrected chi connectivity index (χ2v) is 7.28. The number of hydrogen-bond acceptors (Lipinski definition) is 5.